The van der Waals surface area contributed by atoms with Gasteiger partial charge in [-0.15, -0.1) is 0 Å². The van der Waals surface area contributed by atoms with Crippen LogP contribution in [0.5, 0.6) is 5.88 Å². The second kappa shape index (κ2) is 7.62. The number of aromatic nitrogens is 2. The highest BCUT2D eigenvalue weighted by atomic mass is 16.5. The van der Waals surface area contributed by atoms with E-state index in [1.54, 1.807) is 4.90 Å². The number of nitrogens with zero attached hydrogens (tertiary/aromatic N) is 4. The summed E-state index contributed by atoms with van der Waals surface area (Å²) in [5, 5.41) is 12.0. The summed E-state index contributed by atoms with van der Waals surface area (Å²) >= 11 is 0. The zero-order chi connectivity index (χ0) is 17.6. The molecule has 1 atom stereocenters. The molecule has 2 heterocycles. The molecule has 7 nitrogen and oxygen atoms in total. The normalized spacial score (nSPS) is 16.8. The topological polar surface area (TPSA) is 91.1 Å². The van der Waals surface area contributed by atoms with Crippen molar-refractivity contribution in [2.24, 2.45) is 0 Å². The number of ether oxygens (including phenoxy) is 1. The number of nitrogens with one attached hydrogen (secondary N) is 1. The van der Waals surface area contributed by atoms with Gasteiger partial charge in [0.1, 0.15) is 12.2 Å². The summed E-state index contributed by atoms with van der Waals surface area (Å²) in [6, 6.07) is 9.47. The molecule has 1 aliphatic heterocycles. The van der Waals surface area contributed by atoms with Crippen molar-refractivity contribution in [1.29, 1.82) is 5.26 Å². The van der Waals surface area contributed by atoms with E-state index in [2.05, 4.69) is 15.3 Å². The van der Waals surface area contributed by atoms with E-state index < -0.39 is 0 Å². The van der Waals surface area contributed by atoms with E-state index in [0.29, 0.717) is 13.1 Å². The molecule has 2 amide bonds. The lowest BCUT2D eigenvalue weighted by atomic mass is 10.1. The van der Waals surface area contributed by atoms with Gasteiger partial charge >= 0.3 is 6.03 Å². The van der Waals surface area contributed by atoms with Crippen molar-refractivity contribution < 1.29 is 9.53 Å². The standard InChI is InChI=1S/C18H19N5O2/c1-13-5-2-3-7-15(13)22-18(24)23-10-4-6-14(12-23)25-17-16(11-19)20-8-9-21-17/h2-3,5,7-9,14H,4,6,10,12H2,1H3,(H,22,24). The van der Waals surface area contributed by atoms with Crippen molar-refractivity contribution in [3.8, 4) is 11.9 Å². The van der Waals surface area contributed by atoms with E-state index in [1.807, 2.05) is 37.3 Å². The van der Waals surface area contributed by atoms with Crippen molar-refractivity contribution in [3.63, 3.8) is 0 Å². The molecule has 1 aromatic heterocycles. The first kappa shape index (κ1) is 16.7. The van der Waals surface area contributed by atoms with E-state index >= 15 is 0 Å². The maximum absolute atomic E-state index is 12.5. The first-order valence-corrected chi connectivity index (χ1v) is 8.16. The van der Waals surface area contributed by atoms with E-state index in [0.717, 1.165) is 24.1 Å². The molecule has 7 heteroatoms. The van der Waals surface area contributed by atoms with Gasteiger partial charge in [-0.1, -0.05) is 18.2 Å². The Morgan fingerprint density at radius 1 is 1.36 bits per heavy atom. The van der Waals surface area contributed by atoms with Crippen LogP contribution in [0, 0.1) is 18.3 Å². The molecule has 0 aliphatic carbocycles. The number of rotatable bonds is 3. The molecule has 0 saturated carbocycles. The van der Waals surface area contributed by atoms with Crippen LogP contribution >= 0.6 is 0 Å². The monoisotopic (exact) mass is 337 g/mol. The number of urea groups is 1. The van der Waals surface area contributed by atoms with Crippen molar-refractivity contribution in [3.05, 3.63) is 47.9 Å². The molecule has 3 rings (SSSR count). The number of aryl methyl sites for hydroxylation is 1. The summed E-state index contributed by atoms with van der Waals surface area (Å²) in [7, 11) is 0. The number of nitriles is 1. The van der Waals surface area contributed by atoms with Crippen LogP contribution in [-0.4, -0.2) is 40.1 Å². The summed E-state index contributed by atoms with van der Waals surface area (Å²) in [4.78, 5) is 22.3. The lowest BCUT2D eigenvalue weighted by molar-refractivity contribution is 0.102. The van der Waals surface area contributed by atoms with Crippen molar-refractivity contribution in [2.75, 3.05) is 18.4 Å². The number of carbonyl (C=O) groups is 1. The lowest BCUT2D eigenvalue weighted by Crippen LogP contribution is -2.46. The number of hydrogen-bond acceptors (Lipinski definition) is 5. The van der Waals surface area contributed by atoms with Crippen LogP contribution in [0.1, 0.15) is 24.1 Å². The molecule has 0 spiro atoms. The Hall–Kier alpha value is -3.14. The van der Waals surface area contributed by atoms with Gasteiger partial charge in [-0.3, -0.25) is 0 Å². The fourth-order valence-corrected chi connectivity index (χ4v) is 2.77. The van der Waals surface area contributed by atoms with Crippen LogP contribution < -0.4 is 10.1 Å². The minimum Gasteiger partial charge on any atom is -0.470 e. The summed E-state index contributed by atoms with van der Waals surface area (Å²) in [5.74, 6) is 0.219. The summed E-state index contributed by atoms with van der Waals surface area (Å²) < 4.78 is 5.81. The molecule has 2 aromatic rings. The van der Waals surface area contributed by atoms with E-state index in [-0.39, 0.29) is 23.7 Å². The molecule has 1 N–H and O–H groups in total. The Balaban J connectivity index is 1.64. The first-order chi connectivity index (χ1) is 12.2. The van der Waals surface area contributed by atoms with Gasteiger partial charge in [0.25, 0.3) is 5.88 Å². The number of piperidine rings is 1. The van der Waals surface area contributed by atoms with E-state index in [4.69, 9.17) is 10.00 Å². The number of hydrogen-bond donors (Lipinski definition) is 1. The zero-order valence-corrected chi connectivity index (χ0v) is 14.0. The third-order valence-electron chi connectivity index (χ3n) is 4.10. The molecule has 1 fully saturated rings. The van der Waals surface area contributed by atoms with Crippen LogP contribution in [0.15, 0.2) is 36.7 Å². The fourth-order valence-electron chi connectivity index (χ4n) is 2.77. The number of carbonyl (C=O) groups excluding carboxylic acids is 1. The predicted octanol–water partition coefficient (Wildman–Crippen LogP) is 2.73. The number of anilines is 1. The predicted molar refractivity (Wildman–Crippen MR) is 92.2 cm³/mol. The highest BCUT2D eigenvalue weighted by Gasteiger charge is 2.26. The van der Waals surface area contributed by atoms with Gasteiger partial charge in [-0.25, -0.2) is 14.8 Å². The quantitative estimate of drug-likeness (QED) is 0.930. The number of para-hydroxylation sites is 1. The van der Waals surface area contributed by atoms with Crippen molar-refractivity contribution >= 4 is 11.7 Å². The average molecular weight is 337 g/mol. The molecule has 1 saturated heterocycles. The molecule has 0 bridgehead atoms. The molecular formula is C18H19N5O2. The van der Waals surface area contributed by atoms with Crippen LogP contribution in [0.25, 0.3) is 0 Å². The van der Waals surface area contributed by atoms with Crippen molar-refractivity contribution in [2.45, 2.75) is 25.9 Å². The Bertz CT molecular complexity index is 802. The van der Waals surface area contributed by atoms with Gasteiger partial charge in [-0.2, -0.15) is 5.26 Å². The average Bonchev–Trinajstić information content (AvgIpc) is 2.64. The Morgan fingerprint density at radius 3 is 2.96 bits per heavy atom. The summed E-state index contributed by atoms with van der Waals surface area (Å²) in [6.07, 6.45) is 4.36. The minimum absolute atomic E-state index is 0.151. The van der Waals surface area contributed by atoms with Gasteiger partial charge in [0, 0.05) is 24.6 Å². The van der Waals surface area contributed by atoms with Gasteiger partial charge in [0.2, 0.25) is 5.69 Å². The van der Waals surface area contributed by atoms with Crippen molar-refractivity contribution in [1.82, 2.24) is 14.9 Å². The number of amides is 2. The third-order valence-corrected chi connectivity index (χ3v) is 4.10. The zero-order valence-electron chi connectivity index (χ0n) is 14.0. The molecular weight excluding hydrogens is 318 g/mol. The van der Waals surface area contributed by atoms with Gasteiger partial charge in [0.05, 0.1) is 6.54 Å². The Labute approximate surface area is 146 Å². The highest BCUT2D eigenvalue weighted by Crippen LogP contribution is 2.20. The molecule has 128 valence electrons. The van der Waals surface area contributed by atoms with Crippen LogP contribution in [0.4, 0.5) is 10.5 Å². The minimum atomic E-state index is -0.208. The summed E-state index contributed by atoms with van der Waals surface area (Å²) in [6.45, 7) is 3.07. The fraction of sp³-hybridized carbons (Fsp3) is 0.333. The molecule has 1 unspecified atom stereocenters. The van der Waals surface area contributed by atoms with Crippen LogP contribution in [0.2, 0.25) is 0 Å². The van der Waals surface area contributed by atoms with Crippen LogP contribution in [-0.2, 0) is 0 Å². The highest BCUT2D eigenvalue weighted by molar-refractivity contribution is 5.90. The molecule has 1 aliphatic rings. The SMILES string of the molecule is Cc1ccccc1NC(=O)N1CCCC(Oc2nccnc2C#N)C1. The number of likely N-dealkylation sites (tertiary alicyclic amines) is 1. The largest absolute Gasteiger partial charge is 0.470 e. The second-order valence-corrected chi connectivity index (χ2v) is 5.90. The second-order valence-electron chi connectivity index (χ2n) is 5.90. The summed E-state index contributed by atoms with van der Waals surface area (Å²) in [5.41, 5.74) is 1.97. The van der Waals surface area contributed by atoms with Gasteiger partial charge < -0.3 is 15.0 Å². The third kappa shape index (κ3) is 4.04. The van der Waals surface area contributed by atoms with E-state index in [1.165, 1.54) is 12.4 Å². The smallest absolute Gasteiger partial charge is 0.321 e. The Morgan fingerprint density at radius 2 is 2.16 bits per heavy atom. The van der Waals surface area contributed by atoms with Crippen LogP contribution in [0.3, 0.4) is 0 Å². The molecule has 0 radical (unpaired) electrons. The molecule has 25 heavy (non-hydrogen) atoms. The number of benzene rings is 1. The Kier molecular flexibility index (Phi) is 5.09. The lowest BCUT2D eigenvalue weighted by Gasteiger charge is -2.32. The van der Waals surface area contributed by atoms with Gasteiger partial charge in [0.15, 0.2) is 0 Å². The van der Waals surface area contributed by atoms with E-state index in [9.17, 15) is 4.79 Å². The van der Waals surface area contributed by atoms with Gasteiger partial charge in [-0.05, 0) is 31.4 Å². The maximum atomic E-state index is 12.5. The maximum Gasteiger partial charge on any atom is 0.321 e. The molecule has 1 aromatic carbocycles. The first-order valence-electron chi connectivity index (χ1n) is 8.16.